The average Bonchev–Trinajstić information content (AvgIpc) is 2.46. The highest BCUT2D eigenvalue weighted by Gasteiger charge is 2.33. The van der Waals surface area contributed by atoms with Gasteiger partial charge in [-0.05, 0) is 18.7 Å². The summed E-state index contributed by atoms with van der Waals surface area (Å²) in [6.45, 7) is 5.41. The lowest BCUT2D eigenvalue weighted by molar-refractivity contribution is 0.392. The third-order valence-corrected chi connectivity index (χ3v) is 6.50. The highest BCUT2D eigenvalue weighted by molar-refractivity contribution is 8.07. The predicted molar refractivity (Wildman–Crippen MR) is 85.4 cm³/mol. The molecule has 1 aliphatic rings. The van der Waals surface area contributed by atoms with Gasteiger partial charge in [0, 0.05) is 28.2 Å². The first-order valence-electron chi connectivity index (χ1n) is 6.73. The molecule has 0 radical (unpaired) electrons. The first-order valence-corrected chi connectivity index (χ1v) is 8.83. The van der Waals surface area contributed by atoms with E-state index in [2.05, 4.69) is 47.7 Å². The molecule has 1 aromatic heterocycles. The Kier molecular flexibility index (Phi) is 5.85. The van der Waals surface area contributed by atoms with Crippen molar-refractivity contribution in [2.24, 2.45) is 0 Å². The Morgan fingerprint density at radius 3 is 2.95 bits per heavy atom. The van der Waals surface area contributed by atoms with Crippen LogP contribution < -0.4 is 10.1 Å². The van der Waals surface area contributed by atoms with Crippen LogP contribution in [0.5, 0.6) is 5.75 Å². The van der Waals surface area contributed by atoms with Crippen LogP contribution in [0.3, 0.4) is 0 Å². The van der Waals surface area contributed by atoms with E-state index < -0.39 is 0 Å². The van der Waals surface area contributed by atoms with Crippen LogP contribution in [0.2, 0.25) is 0 Å². The summed E-state index contributed by atoms with van der Waals surface area (Å²) in [6, 6.07) is 4.18. The van der Waals surface area contributed by atoms with Crippen LogP contribution in [0, 0.1) is 0 Å². The van der Waals surface area contributed by atoms with Crippen LogP contribution >= 0.6 is 23.5 Å². The van der Waals surface area contributed by atoms with Crippen LogP contribution in [0.25, 0.3) is 0 Å². The third-order valence-electron chi connectivity index (χ3n) is 3.30. The molecule has 0 saturated carbocycles. The van der Waals surface area contributed by atoms with Crippen LogP contribution in [0.4, 0.5) is 0 Å². The summed E-state index contributed by atoms with van der Waals surface area (Å²) >= 11 is 4.11. The fourth-order valence-electron chi connectivity index (χ4n) is 2.41. The van der Waals surface area contributed by atoms with Crippen LogP contribution in [-0.4, -0.2) is 40.6 Å². The van der Waals surface area contributed by atoms with E-state index in [1.165, 1.54) is 11.5 Å². The van der Waals surface area contributed by atoms with Gasteiger partial charge in [0.25, 0.3) is 0 Å². The number of nitrogens with one attached hydrogen (secondary N) is 1. The number of pyridine rings is 1. The van der Waals surface area contributed by atoms with E-state index in [1.807, 2.05) is 18.3 Å². The summed E-state index contributed by atoms with van der Waals surface area (Å²) in [5, 5.41) is 4.77. The zero-order chi connectivity index (χ0) is 13.7. The SMILES string of the molecule is CCNC(c1ncccc1OC)C1SCCSC1C. The molecule has 3 nitrogen and oxygen atoms in total. The molecular formula is C14H22N2OS2. The molecule has 19 heavy (non-hydrogen) atoms. The number of hydrogen-bond acceptors (Lipinski definition) is 5. The molecule has 1 aromatic rings. The first kappa shape index (κ1) is 15.0. The largest absolute Gasteiger partial charge is 0.495 e. The van der Waals surface area contributed by atoms with Crippen molar-refractivity contribution in [3.05, 3.63) is 24.0 Å². The summed E-state index contributed by atoms with van der Waals surface area (Å²) in [6.07, 6.45) is 1.85. The molecule has 2 rings (SSSR count). The molecule has 0 aliphatic carbocycles. The van der Waals surface area contributed by atoms with Gasteiger partial charge in [-0.3, -0.25) is 4.98 Å². The number of rotatable bonds is 5. The fraction of sp³-hybridized carbons (Fsp3) is 0.643. The topological polar surface area (TPSA) is 34.2 Å². The monoisotopic (exact) mass is 298 g/mol. The molecule has 106 valence electrons. The highest BCUT2D eigenvalue weighted by atomic mass is 32.2. The van der Waals surface area contributed by atoms with Crippen molar-refractivity contribution in [1.82, 2.24) is 10.3 Å². The number of aromatic nitrogens is 1. The zero-order valence-corrected chi connectivity index (χ0v) is 13.4. The third kappa shape index (κ3) is 3.58. The molecule has 0 spiro atoms. The van der Waals surface area contributed by atoms with E-state index in [9.17, 15) is 0 Å². The van der Waals surface area contributed by atoms with Gasteiger partial charge in [0.05, 0.1) is 13.2 Å². The number of hydrogen-bond donors (Lipinski definition) is 1. The van der Waals surface area contributed by atoms with Crippen molar-refractivity contribution >= 4 is 23.5 Å². The second-order valence-electron chi connectivity index (χ2n) is 4.54. The minimum atomic E-state index is 0.258. The van der Waals surface area contributed by atoms with Crippen molar-refractivity contribution in [2.45, 2.75) is 30.4 Å². The number of methoxy groups -OCH3 is 1. The van der Waals surface area contributed by atoms with Gasteiger partial charge in [0.2, 0.25) is 0 Å². The predicted octanol–water partition coefficient (Wildman–Crippen LogP) is 2.98. The lowest BCUT2D eigenvalue weighted by Gasteiger charge is -2.35. The Morgan fingerprint density at radius 1 is 1.47 bits per heavy atom. The van der Waals surface area contributed by atoms with Crippen molar-refractivity contribution in [3.8, 4) is 5.75 Å². The Balaban J connectivity index is 2.27. The Bertz CT molecular complexity index is 403. The summed E-state index contributed by atoms with van der Waals surface area (Å²) in [5.74, 6) is 3.36. The van der Waals surface area contributed by atoms with E-state index in [0.717, 1.165) is 18.0 Å². The molecule has 1 saturated heterocycles. The second-order valence-corrected chi connectivity index (χ2v) is 7.31. The fourth-order valence-corrected chi connectivity index (χ4v) is 5.33. The minimum Gasteiger partial charge on any atom is -0.495 e. The maximum atomic E-state index is 5.48. The summed E-state index contributed by atoms with van der Waals surface area (Å²) in [7, 11) is 1.72. The molecule has 0 amide bonds. The normalized spacial score (nSPS) is 25.0. The van der Waals surface area contributed by atoms with Gasteiger partial charge >= 0.3 is 0 Å². The van der Waals surface area contributed by atoms with Crippen LogP contribution in [0.1, 0.15) is 25.6 Å². The molecule has 0 bridgehead atoms. The smallest absolute Gasteiger partial charge is 0.142 e. The van der Waals surface area contributed by atoms with Crippen molar-refractivity contribution in [2.75, 3.05) is 25.2 Å². The van der Waals surface area contributed by atoms with E-state index in [4.69, 9.17) is 4.74 Å². The molecule has 3 unspecified atom stereocenters. The molecule has 3 atom stereocenters. The van der Waals surface area contributed by atoms with E-state index >= 15 is 0 Å². The highest BCUT2D eigenvalue weighted by Crippen LogP contribution is 2.40. The van der Waals surface area contributed by atoms with Crippen molar-refractivity contribution < 1.29 is 4.74 Å². The van der Waals surface area contributed by atoms with Crippen LogP contribution in [0.15, 0.2) is 18.3 Å². The molecule has 1 N–H and O–H groups in total. The molecule has 2 heterocycles. The van der Waals surface area contributed by atoms with Gasteiger partial charge in [0.1, 0.15) is 11.4 Å². The van der Waals surface area contributed by atoms with E-state index in [1.54, 1.807) is 7.11 Å². The molecule has 1 fully saturated rings. The molecule has 0 aromatic carbocycles. The van der Waals surface area contributed by atoms with Gasteiger partial charge in [-0.15, -0.1) is 0 Å². The number of ether oxygens (including phenoxy) is 1. The lowest BCUT2D eigenvalue weighted by atomic mass is 10.1. The quantitative estimate of drug-likeness (QED) is 0.904. The van der Waals surface area contributed by atoms with Gasteiger partial charge in [-0.25, -0.2) is 0 Å². The standard InChI is InChI=1S/C14H22N2OS2/c1-4-15-13(14-10(2)18-8-9-19-14)12-11(17-3)6-5-7-16-12/h5-7,10,13-15H,4,8-9H2,1-3H3. The summed E-state index contributed by atoms with van der Waals surface area (Å²) in [4.78, 5) is 4.57. The molecular weight excluding hydrogens is 276 g/mol. The zero-order valence-electron chi connectivity index (χ0n) is 11.8. The van der Waals surface area contributed by atoms with Gasteiger partial charge in [-0.2, -0.15) is 23.5 Å². The lowest BCUT2D eigenvalue weighted by Crippen LogP contribution is -2.38. The minimum absolute atomic E-state index is 0.258. The van der Waals surface area contributed by atoms with Crippen molar-refractivity contribution in [3.63, 3.8) is 0 Å². The first-order chi connectivity index (χ1) is 9.27. The van der Waals surface area contributed by atoms with Crippen LogP contribution in [-0.2, 0) is 0 Å². The second kappa shape index (κ2) is 7.41. The van der Waals surface area contributed by atoms with E-state index in [0.29, 0.717) is 10.5 Å². The van der Waals surface area contributed by atoms with Gasteiger partial charge < -0.3 is 10.1 Å². The maximum absolute atomic E-state index is 5.48. The summed E-state index contributed by atoms with van der Waals surface area (Å²) in [5.41, 5.74) is 1.04. The number of nitrogens with zero attached hydrogens (tertiary/aromatic N) is 1. The van der Waals surface area contributed by atoms with Gasteiger partial charge in [-0.1, -0.05) is 13.8 Å². The molecule has 1 aliphatic heterocycles. The Morgan fingerprint density at radius 2 is 2.26 bits per heavy atom. The number of thioether (sulfide) groups is 2. The Hall–Kier alpha value is -0.390. The van der Waals surface area contributed by atoms with Gasteiger partial charge in [0.15, 0.2) is 0 Å². The maximum Gasteiger partial charge on any atom is 0.142 e. The molecule has 5 heteroatoms. The Labute approximate surface area is 124 Å². The van der Waals surface area contributed by atoms with Crippen molar-refractivity contribution in [1.29, 1.82) is 0 Å². The van der Waals surface area contributed by atoms with E-state index in [-0.39, 0.29) is 6.04 Å². The summed E-state index contributed by atoms with van der Waals surface area (Å²) < 4.78 is 5.48. The average molecular weight is 298 g/mol.